The van der Waals surface area contributed by atoms with Crippen LogP contribution in [0.2, 0.25) is 5.02 Å². The molecular formula is C31H22ClF7N2O3. The summed E-state index contributed by atoms with van der Waals surface area (Å²) in [7, 11) is 0. The lowest BCUT2D eigenvalue weighted by Crippen LogP contribution is -2.50. The van der Waals surface area contributed by atoms with Crippen LogP contribution in [0.5, 0.6) is 11.5 Å². The van der Waals surface area contributed by atoms with Crippen LogP contribution < -0.4 is 15.4 Å². The van der Waals surface area contributed by atoms with Crippen LogP contribution in [0.25, 0.3) is 0 Å². The molecule has 4 aromatic carbocycles. The van der Waals surface area contributed by atoms with Crippen molar-refractivity contribution in [3.05, 3.63) is 118 Å². The highest BCUT2D eigenvalue weighted by molar-refractivity contribution is 6.31. The van der Waals surface area contributed by atoms with E-state index in [1.807, 2.05) is 0 Å². The Morgan fingerprint density at radius 3 is 1.89 bits per heavy atom. The average molecular weight is 639 g/mol. The highest BCUT2D eigenvalue weighted by Crippen LogP contribution is 2.53. The topological polar surface area (TPSA) is 67.4 Å². The largest absolute Gasteiger partial charge is 0.457 e. The van der Waals surface area contributed by atoms with E-state index in [2.05, 4.69) is 10.6 Å². The van der Waals surface area contributed by atoms with Crippen molar-refractivity contribution in [2.75, 3.05) is 10.6 Å². The Hall–Kier alpha value is -4.58. The maximum Gasteiger partial charge on any atom is 0.435 e. The number of benzene rings is 4. The van der Waals surface area contributed by atoms with Gasteiger partial charge >= 0.3 is 18.0 Å². The molecule has 4 aromatic rings. The molecule has 13 heteroatoms. The van der Waals surface area contributed by atoms with Gasteiger partial charge < -0.3 is 15.4 Å². The first-order valence-corrected chi connectivity index (χ1v) is 13.1. The molecule has 0 spiro atoms. The van der Waals surface area contributed by atoms with Crippen molar-refractivity contribution in [2.24, 2.45) is 0 Å². The number of hydrogen-bond donors (Lipinski definition) is 2. The van der Waals surface area contributed by atoms with Crippen LogP contribution >= 0.6 is 11.6 Å². The lowest BCUT2D eigenvalue weighted by molar-refractivity contribution is -0.348. The van der Waals surface area contributed by atoms with Gasteiger partial charge in [-0.3, -0.25) is 9.59 Å². The summed E-state index contributed by atoms with van der Waals surface area (Å²) in [6.07, 6.45) is -12.6. The van der Waals surface area contributed by atoms with Crippen molar-refractivity contribution in [1.29, 1.82) is 0 Å². The minimum atomic E-state index is -6.30. The number of aryl methyl sites for hydroxylation is 2. The molecule has 0 aliphatic carbocycles. The Kier molecular flexibility index (Phi) is 8.96. The number of alkyl halides is 7. The fourth-order valence-corrected chi connectivity index (χ4v) is 4.54. The third-order valence-corrected chi connectivity index (χ3v) is 6.73. The van der Waals surface area contributed by atoms with Crippen LogP contribution in [0.3, 0.4) is 0 Å². The van der Waals surface area contributed by atoms with Crippen molar-refractivity contribution in [3.8, 4) is 11.5 Å². The molecule has 0 aliphatic rings. The molecule has 0 unspecified atom stereocenters. The zero-order chi connectivity index (χ0) is 32.4. The number of hydrogen-bond acceptors (Lipinski definition) is 3. The summed E-state index contributed by atoms with van der Waals surface area (Å²) in [5.74, 6) is -1.08. The third-order valence-electron chi connectivity index (χ3n) is 6.49. The molecular weight excluding hydrogens is 617 g/mol. The minimum Gasteiger partial charge on any atom is -0.457 e. The second-order valence-electron chi connectivity index (χ2n) is 9.68. The van der Waals surface area contributed by atoms with Gasteiger partial charge in [-0.1, -0.05) is 48.0 Å². The van der Waals surface area contributed by atoms with E-state index < -0.39 is 35.4 Å². The van der Waals surface area contributed by atoms with Gasteiger partial charge in [0.2, 0.25) is 0 Å². The van der Waals surface area contributed by atoms with Crippen LogP contribution in [-0.2, 0) is 5.67 Å². The molecule has 0 saturated carbocycles. The Bertz CT molecular complexity index is 1670. The molecule has 0 radical (unpaired) electrons. The minimum absolute atomic E-state index is 0.0123. The monoisotopic (exact) mass is 638 g/mol. The predicted octanol–water partition coefficient (Wildman–Crippen LogP) is 9.54. The molecule has 2 N–H and O–H groups in total. The van der Waals surface area contributed by atoms with Crippen molar-refractivity contribution in [1.82, 2.24) is 0 Å². The lowest BCUT2D eigenvalue weighted by atomic mass is 9.90. The molecule has 0 saturated heterocycles. The number of anilines is 2. The van der Waals surface area contributed by atoms with Crippen molar-refractivity contribution in [2.45, 2.75) is 31.9 Å². The molecule has 0 bridgehead atoms. The summed E-state index contributed by atoms with van der Waals surface area (Å²) in [4.78, 5) is 26.3. The highest BCUT2D eigenvalue weighted by Gasteiger charge is 2.73. The second kappa shape index (κ2) is 12.2. The molecule has 0 fully saturated rings. The van der Waals surface area contributed by atoms with Gasteiger partial charge in [0.05, 0.1) is 5.56 Å². The van der Waals surface area contributed by atoms with E-state index >= 15 is 0 Å². The van der Waals surface area contributed by atoms with Gasteiger partial charge in [0.25, 0.3) is 11.8 Å². The molecule has 5 nitrogen and oxygen atoms in total. The smallest absolute Gasteiger partial charge is 0.435 e. The van der Waals surface area contributed by atoms with E-state index in [0.29, 0.717) is 22.9 Å². The predicted molar refractivity (Wildman–Crippen MR) is 151 cm³/mol. The summed E-state index contributed by atoms with van der Waals surface area (Å²) in [5.41, 5.74) is -7.76. The van der Waals surface area contributed by atoms with Crippen LogP contribution in [0.15, 0.2) is 84.9 Å². The number of amides is 2. The van der Waals surface area contributed by atoms with E-state index in [-0.39, 0.29) is 39.4 Å². The molecule has 0 atom stereocenters. The lowest BCUT2D eigenvalue weighted by Gasteiger charge is -2.31. The standard InChI is InChI=1S/C31H22ClF7N2O3/c1-17-13-20(29(33,30(34,35)36)31(37,38)39)14-18(2)26(17)41-28(43)24-16-22(40-27(42)19-7-6-8-21(32)15-19)11-12-25(24)44-23-9-4-3-5-10-23/h3-16H,1-2H3,(H,40,42)(H,41,43). The Balaban J connectivity index is 1.71. The summed E-state index contributed by atoms with van der Waals surface area (Å²) < 4.78 is 101. The van der Waals surface area contributed by atoms with E-state index in [4.69, 9.17) is 16.3 Å². The van der Waals surface area contributed by atoms with Crippen LogP contribution in [0.1, 0.15) is 37.4 Å². The maximum absolute atomic E-state index is 14.7. The molecule has 0 heterocycles. The number of ether oxygens (including phenoxy) is 1. The van der Waals surface area contributed by atoms with Crippen LogP contribution in [0.4, 0.5) is 42.1 Å². The Labute approximate surface area is 251 Å². The number of rotatable bonds is 7. The number of carbonyl (C=O) groups excluding carboxylic acids is 2. The fraction of sp³-hybridized carbons (Fsp3) is 0.161. The number of nitrogens with one attached hydrogen (secondary N) is 2. The zero-order valence-electron chi connectivity index (χ0n) is 22.8. The molecule has 44 heavy (non-hydrogen) atoms. The molecule has 4 rings (SSSR count). The summed E-state index contributed by atoms with van der Waals surface area (Å²) in [6, 6.07) is 19.3. The van der Waals surface area contributed by atoms with E-state index in [9.17, 15) is 40.3 Å². The van der Waals surface area contributed by atoms with Crippen molar-refractivity contribution >= 4 is 34.8 Å². The van der Waals surface area contributed by atoms with Gasteiger partial charge in [0.1, 0.15) is 11.5 Å². The van der Waals surface area contributed by atoms with Gasteiger partial charge in [0.15, 0.2) is 0 Å². The molecule has 230 valence electrons. The van der Waals surface area contributed by atoms with E-state index in [1.54, 1.807) is 42.5 Å². The van der Waals surface area contributed by atoms with E-state index in [0.717, 1.165) is 13.8 Å². The van der Waals surface area contributed by atoms with Gasteiger partial charge in [-0.25, -0.2) is 4.39 Å². The van der Waals surface area contributed by atoms with Crippen molar-refractivity contribution in [3.63, 3.8) is 0 Å². The Morgan fingerprint density at radius 2 is 1.32 bits per heavy atom. The zero-order valence-corrected chi connectivity index (χ0v) is 23.6. The first kappa shape index (κ1) is 32.3. The van der Waals surface area contributed by atoms with Gasteiger partial charge in [-0.15, -0.1) is 0 Å². The number of halogens is 8. The van der Waals surface area contributed by atoms with Crippen molar-refractivity contribution < 1.29 is 45.1 Å². The second-order valence-corrected chi connectivity index (χ2v) is 10.1. The first-order chi connectivity index (χ1) is 20.5. The summed E-state index contributed by atoms with van der Waals surface area (Å²) in [5, 5.41) is 5.40. The van der Waals surface area contributed by atoms with E-state index in [1.165, 1.54) is 30.3 Å². The van der Waals surface area contributed by atoms with Gasteiger partial charge in [0, 0.05) is 27.5 Å². The summed E-state index contributed by atoms with van der Waals surface area (Å²) in [6.45, 7) is 2.25. The maximum atomic E-state index is 14.7. The quantitative estimate of drug-likeness (QED) is 0.198. The molecule has 0 aliphatic heterocycles. The van der Waals surface area contributed by atoms with Gasteiger partial charge in [-0.2, -0.15) is 26.3 Å². The average Bonchev–Trinajstić information content (AvgIpc) is 2.94. The van der Waals surface area contributed by atoms with Crippen LogP contribution in [0, 0.1) is 13.8 Å². The molecule has 0 aromatic heterocycles. The first-order valence-electron chi connectivity index (χ1n) is 12.7. The number of para-hydroxylation sites is 1. The number of carbonyl (C=O) groups is 2. The highest BCUT2D eigenvalue weighted by atomic mass is 35.5. The SMILES string of the molecule is Cc1cc(C(F)(C(F)(F)F)C(F)(F)F)cc(C)c1NC(=O)c1cc(NC(=O)c2cccc(Cl)c2)ccc1Oc1ccccc1. The molecule has 2 amide bonds. The Morgan fingerprint density at radius 1 is 0.705 bits per heavy atom. The summed E-state index contributed by atoms with van der Waals surface area (Å²) >= 11 is 5.96. The van der Waals surface area contributed by atoms with Gasteiger partial charge in [-0.05, 0) is 73.5 Å². The third kappa shape index (κ3) is 6.65. The normalized spacial score (nSPS) is 12.0. The van der Waals surface area contributed by atoms with Crippen LogP contribution in [-0.4, -0.2) is 24.2 Å². The fourth-order valence-electron chi connectivity index (χ4n) is 4.35.